The van der Waals surface area contributed by atoms with E-state index in [1.807, 2.05) is 18.2 Å². The van der Waals surface area contributed by atoms with E-state index in [1.165, 1.54) is 18.6 Å². The van der Waals surface area contributed by atoms with Gasteiger partial charge in [-0.1, -0.05) is 18.2 Å². The summed E-state index contributed by atoms with van der Waals surface area (Å²) in [4.78, 5) is 7.00. The van der Waals surface area contributed by atoms with Gasteiger partial charge < -0.3 is 0 Å². The SMILES string of the molecule is CN1CCCC1c1cccc(Cc2ccc(C(F)(F)F)cc2)n1. The van der Waals surface area contributed by atoms with E-state index in [1.54, 1.807) is 0 Å². The molecule has 3 rings (SSSR count). The van der Waals surface area contributed by atoms with Gasteiger partial charge in [0.25, 0.3) is 0 Å². The maximum absolute atomic E-state index is 12.6. The maximum Gasteiger partial charge on any atom is 0.416 e. The summed E-state index contributed by atoms with van der Waals surface area (Å²) in [6, 6.07) is 11.6. The lowest BCUT2D eigenvalue weighted by atomic mass is 10.1. The highest BCUT2D eigenvalue weighted by atomic mass is 19.4. The number of benzene rings is 1. The van der Waals surface area contributed by atoms with E-state index < -0.39 is 11.7 Å². The van der Waals surface area contributed by atoms with Crippen LogP contribution in [0.5, 0.6) is 0 Å². The normalized spacial score (nSPS) is 19.2. The van der Waals surface area contributed by atoms with Crippen molar-refractivity contribution in [3.63, 3.8) is 0 Å². The summed E-state index contributed by atoms with van der Waals surface area (Å²) in [6.45, 7) is 1.08. The predicted octanol–water partition coefficient (Wildman–Crippen LogP) is 4.46. The molecule has 5 heteroatoms. The highest BCUT2D eigenvalue weighted by Crippen LogP contribution is 2.30. The molecule has 122 valence electrons. The molecule has 0 bridgehead atoms. The Morgan fingerprint density at radius 3 is 2.48 bits per heavy atom. The van der Waals surface area contributed by atoms with Crippen molar-refractivity contribution in [3.05, 3.63) is 65.0 Å². The Kier molecular flexibility index (Phi) is 4.39. The molecule has 0 amide bonds. The molecular weight excluding hydrogens is 301 g/mol. The number of pyridine rings is 1. The van der Waals surface area contributed by atoms with Gasteiger partial charge in [-0.15, -0.1) is 0 Å². The summed E-state index contributed by atoms with van der Waals surface area (Å²) < 4.78 is 37.8. The Bertz CT molecular complexity index is 665. The zero-order chi connectivity index (χ0) is 16.4. The number of nitrogens with zero attached hydrogens (tertiary/aromatic N) is 2. The second-order valence-corrected chi connectivity index (χ2v) is 6.06. The molecule has 0 radical (unpaired) electrons. The molecule has 1 aromatic carbocycles. The predicted molar refractivity (Wildman–Crippen MR) is 83.1 cm³/mol. The van der Waals surface area contributed by atoms with Crippen LogP contribution in [0.15, 0.2) is 42.5 Å². The van der Waals surface area contributed by atoms with Gasteiger partial charge in [0.2, 0.25) is 0 Å². The molecule has 0 saturated carbocycles. The number of likely N-dealkylation sites (tertiary alicyclic amines) is 1. The number of hydrogen-bond donors (Lipinski definition) is 0. The van der Waals surface area contributed by atoms with Crippen molar-refractivity contribution >= 4 is 0 Å². The minimum Gasteiger partial charge on any atom is -0.298 e. The summed E-state index contributed by atoms with van der Waals surface area (Å²) in [5.74, 6) is 0. The average Bonchev–Trinajstić information content (AvgIpc) is 2.93. The second kappa shape index (κ2) is 6.32. The van der Waals surface area contributed by atoms with E-state index in [9.17, 15) is 13.2 Å². The highest BCUT2D eigenvalue weighted by molar-refractivity contribution is 5.28. The first kappa shape index (κ1) is 16.0. The summed E-state index contributed by atoms with van der Waals surface area (Å²) in [5, 5.41) is 0. The molecule has 0 aliphatic carbocycles. The summed E-state index contributed by atoms with van der Waals surface area (Å²) in [5.41, 5.74) is 2.16. The standard InChI is InChI=1S/C18H19F3N2/c1-23-11-3-6-17(23)16-5-2-4-15(22-16)12-13-7-9-14(10-8-13)18(19,20)21/h2,4-5,7-10,17H,3,6,11-12H2,1H3. The third-order valence-corrected chi connectivity index (χ3v) is 4.36. The van der Waals surface area contributed by atoms with Crippen LogP contribution in [0.25, 0.3) is 0 Å². The van der Waals surface area contributed by atoms with Crippen molar-refractivity contribution in [3.8, 4) is 0 Å². The average molecular weight is 320 g/mol. The van der Waals surface area contributed by atoms with Crippen molar-refractivity contribution in [2.45, 2.75) is 31.5 Å². The molecule has 2 nitrogen and oxygen atoms in total. The highest BCUT2D eigenvalue weighted by Gasteiger charge is 2.30. The maximum atomic E-state index is 12.6. The van der Waals surface area contributed by atoms with Crippen molar-refractivity contribution < 1.29 is 13.2 Å². The number of alkyl halides is 3. The van der Waals surface area contributed by atoms with Crippen LogP contribution in [0.3, 0.4) is 0 Å². The molecule has 1 saturated heterocycles. The van der Waals surface area contributed by atoms with Crippen LogP contribution in [-0.4, -0.2) is 23.5 Å². The van der Waals surface area contributed by atoms with Crippen LogP contribution < -0.4 is 0 Å². The molecule has 2 heterocycles. The first-order valence-electron chi connectivity index (χ1n) is 7.76. The first-order chi connectivity index (χ1) is 10.9. The lowest BCUT2D eigenvalue weighted by Crippen LogP contribution is -2.18. The largest absolute Gasteiger partial charge is 0.416 e. The Labute approximate surface area is 134 Å². The van der Waals surface area contributed by atoms with Gasteiger partial charge in [-0.25, -0.2) is 0 Å². The van der Waals surface area contributed by atoms with Crippen molar-refractivity contribution in [1.29, 1.82) is 0 Å². The minimum absolute atomic E-state index is 0.350. The minimum atomic E-state index is -4.29. The van der Waals surface area contributed by atoms with Crippen molar-refractivity contribution in [2.24, 2.45) is 0 Å². The fourth-order valence-corrected chi connectivity index (χ4v) is 3.09. The van der Waals surface area contributed by atoms with E-state index >= 15 is 0 Å². The number of halogens is 3. The van der Waals surface area contributed by atoms with Gasteiger partial charge >= 0.3 is 6.18 Å². The Hall–Kier alpha value is -1.88. The van der Waals surface area contributed by atoms with Crippen LogP contribution in [-0.2, 0) is 12.6 Å². The fraction of sp³-hybridized carbons (Fsp3) is 0.389. The topological polar surface area (TPSA) is 16.1 Å². The van der Waals surface area contributed by atoms with Crippen LogP contribution >= 0.6 is 0 Å². The summed E-state index contributed by atoms with van der Waals surface area (Å²) >= 11 is 0. The number of rotatable bonds is 3. The molecule has 2 aromatic rings. The summed E-state index contributed by atoms with van der Waals surface area (Å²) in [7, 11) is 2.10. The third-order valence-electron chi connectivity index (χ3n) is 4.36. The van der Waals surface area contributed by atoms with Crippen molar-refractivity contribution in [2.75, 3.05) is 13.6 Å². The monoisotopic (exact) mass is 320 g/mol. The summed E-state index contributed by atoms with van der Waals surface area (Å²) in [6.07, 6.45) is -1.47. The fourth-order valence-electron chi connectivity index (χ4n) is 3.09. The Morgan fingerprint density at radius 2 is 1.87 bits per heavy atom. The molecule has 0 spiro atoms. The van der Waals surface area contributed by atoms with Gasteiger partial charge in [0.1, 0.15) is 0 Å². The van der Waals surface area contributed by atoms with Gasteiger partial charge in [-0.2, -0.15) is 13.2 Å². The van der Waals surface area contributed by atoms with Crippen molar-refractivity contribution in [1.82, 2.24) is 9.88 Å². The number of hydrogen-bond acceptors (Lipinski definition) is 2. The smallest absolute Gasteiger partial charge is 0.298 e. The van der Waals surface area contributed by atoms with Gasteiger partial charge in [-0.05, 0) is 56.3 Å². The van der Waals surface area contributed by atoms with E-state index in [0.29, 0.717) is 12.5 Å². The lowest BCUT2D eigenvalue weighted by molar-refractivity contribution is -0.137. The van der Waals surface area contributed by atoms with Gasteiger partial charge in [0.05, 0.1) is 17.3 Å². The third kappa shape index (κ3) is 3.72. The zero-order valence-corrected chi connectivity index (χ0v) is 13.0. The van der Waals surface area contributed by atoms with Gasteiger partial charge in [0.15, 0.2) is 0 Å². The quantitative estimate of drug-likeness (QED) is 0.830. The molecular formula is C18H19F3N2. The molecule has 1 fully saturated rings. The zero-order valence-electron chi connectivity index (χ0n) is 13.0. The first-order valence-corrected chi connectivity index (χ1v) is 7.76. The second-order valence-electron chi connectivity index (χ2n) is 6.06. The Balaban J connectivity index is 1.75. The lowest BCUT2D eigenvalue weighted by Gasteiger charge is -2.19. The van der Waals surface area contributed by atoms with Crippen LogP contribution in [0, 0.1) is 0 Å². The van der Waals surface area contributed by atoms with E-state index in [4.69, 9.17) is 4.98 Å². The van der Waals surface area contributed by atoms with Gasteiger partial charge in [0, 0.05) is 12.1 Å². The van der Waals surface area contributed by atoms with Crippen LogP contribution in [0.4, 0.5) is 13.2 Å². The molecule has 1 aliphatic rings. The van der Waals surface area contributed by atoms with Crippen LogP contribution in [0.2, 0.25) is 0 Å². The van der Waals surface area contributed by atoms with E-state index in [2.05, 4.69) is 11.9 Å². The molecule has 0 N–H and O–H groups in total. The molecule has 1 unspecified atom stereocenters. The Morgan fingerprint density at radius 1 is 1.13 bits per heavy atom. The van der Waals surface area contributed by atoms with Gasteiger partial charge in [-0.3, -0.25) is 9.88 Å². The molecule has 1 atom stereocenters. The number of aromatic nitrogens is 1. The van der Waals surface area contributed by atoms with E-state index in [0.717, 1.165) is 42.0 Å². The van der Waals surface area contributed by atoms with E-state index in [-0.39, 0.29) is 0 Å². The molecule has 1 aromatic heterocycles. The molecule has 23 heavy (non-hydrogen) atoms. The van der Waals surface area contributed by atoms with Crippen LogP contribution in [0.1, 0.15) is 41.4 Å². The molecule has 1 aliphatic heterocycles.